The van der Waals surface area contributed by atoms with Crippen molar-refractivity contribution < 1.29 is 10.2 Å². The third kappa shape index (κ3) is 6.03. The molecule has 0 bridgehead atoms. The summed E-state index contributed by atoms with van der Waals surface area (Å²) < 4.78 is 0. The molecule has 0 aliphatic heterocycles. The number of benzene rings is 2. The molecule has 0 saturated heterocycles. The highest BCUT2D eigenvalue weighted by Gasteiger charge is 2.22. The van der Waals surface area contributed by atoms with Gasteiger partial charge in [-0.25, -0.2) is 0 Å². The van der Waals surface area contributed by atoms with Crippen LogP contribution in [0.4, 0.5) is 0 Å². The predicted molar refractivity (Wildman–Crippen MR) is 125 cm³/mol. The molecule has 0 atom stereocenters. The number of hydrogen-bond donors (Lipinski definition) is 2. The van der Waals surface area contributed by atoms with Gasteiger partial charge in [0.25, 0.3) is 0 Å². The molecule has 2 N–H and O–H groups in total. The van der Waals surface area contributed by atoms with E-state index in [-0.39, 0.29) is 24.0 Å². The van der Waals surface area contributed by atoms with Crippen molar-refractivity contribution in [3.63, 3.8) is 0 Å². The van der Waals surface area contributed by atoms with E-state index in [0.29, 0.717) is 0 Å². The van der Waals surface area contributed by atoms with Crippen molar-refractivity contribution >= 4 is 23.5 Å². The summed E-state index contributed by atoms with van der Waals surface area (Å²) in [7, 11) is 0. The minimum atomic E-state index is -0.111. The maximum atomic E-state index is 9.63. The van der Waals surface area contributed by atoms with Gasteiger partial charge in [0.1, 0.15) is 0 Å². The van der Waals surface area contributed by atoms with Crippen LogP contribution in [0.2, 0.25) is 0 Å². The lowest BCUT2D eigenvalue weighted by atomic mass is 9.96. The van der Waals surface area contributed by atoms with Gasteiger partial charge in [0.05, 0.1) is 0 Å². The third-order valence-corrected chi connectivity index (χ3v) is 7.97. The van der Waals surface area contributed by atoms with E-state index in [1.807, 2.05) is 23.5 Å². The van der Waals surface area contributed by atoms with Gasteiger partial charge in [-0.1, -0.05) is 52.0 Å². The molecule has 2 nitrogen and oxygen atoms in total. The summed E-state index contributed by atoms with van der Waals surface area (Å²) in [5, 5.41) is 19.3. The van der Waals surface area contributed by atoms with Crippen molar-refractivity contribution in [2.24, 2.45) is 10.8 Å². The van der Waals surface area contributed by atoms with E-state index >= 15 is 0 Å². The fourth-order valence-electron chi connectivity index (χ4n) is 2.80. The van der Waals surface area contributed by atoms with E-state index < -0.39 is 0 Å². The Morgan fingerprint density at radius 3 is 1.36 bits per heavy atom. The lowest BCUT2D eigenvalue weighted by molar-refractivity contribution is 0.180. The number of thioether (sulfide) groups is 2. The van der Waals surface area contributed by atoms with E-state index in [4.69, 9.17) is 0 Å². The van der Waals surface area contributed by atoms with Gasteiger partial charge in [-0.3, -0.25) is 0 Å². The standard InChI is InChI=1S/C24H34O2S2/c1-17-9-7-11-19(27-15-23(3,4)13-25)21(17)22-18(2)10-8-12-20(22)28-16-24(5,6)14-26/h7-12,25-26H,13-16H2,1-6H3. The first kappa shape index (κ1) is 23.3. The van der Waals surface area contributed by atoms with Crippen LogP contribution in [0.3, 0.4) is 0 Å². The van der Waals surface area contributed by atoms with E-state index in [1.165, 1.54) is 32.0 Å². The number of rotatable bonds is 9. The molecule has 0 unspecified atom stereocenters. The Bertz CT molecular complexity index is 730. The SMILES string of the molecule is Cc1cccc(SCC(C)(C)CO)c1-c1c(C)cccc1SCC(C)(C)CO. The van der Waals surface area contributed by atoms with Gasteiger partial charge in [0.2, 0.25) is 0 Å². The quantitative estimate of drug-likeness (QED) is 0.476. The fraction of sp³-hybridized carbons (Fsp3) is 0.500. The summed E-state index contributed by atoms with van der Waals surface area (Å²) in [5.41, 5.74) is 4.90. The molecule has 2 aromatic rings. The molecule has 0 fully saturated rings. The van der Waals surface area contributed by atoms with Crippen LogP contribution >= 0.6 is 23.5 Å². The highest BCUT2D eigenvalue weighted by molar-refractivity contribution is 7.99. The van der Waals surface area contributed by atoms with E-state index in [0.717, 1.165) is 11.5 Å². The number of aliphatic hydroxyl groups is 2. The predicted octanol–water partition coefficient (Wildman–Crippen LogP) is 6.19. The highest BCUT2D eigenvalue weighted by atomic mass is 32.2. The van der Waals surface area contributed by atoms with Crippen molar-refractivity contribution in [1.82, 2.24) is 0 Å². The number of hydrogen-bond acceptors (Lipinski definition) is 4. The first-order valence-electron chi connectivity index (χ1n) is 9.77. The van der Waals surface area contributed by atoms with Gasteiger partial charge in [0.15, 0.2) is 0 Å². The third-order valence-electron chi connectivity index (χ3n) is 4.81. The molecule has 28 heavy (non-hydrogen) atoms. The molecule has 0 radical (unpaired) electrons. The smallest absolute Gasteiger partial charge is 0.0490 e. The number of aryl methyl sites for hydroxylation is 2. The molecular weight excluding hydrogens is 384 g/mol. The van der Waals surface area contributed by atoms with Crippen LogP contribution < -0.4 is 0 Å². The molecule has 0 amide bonds. The zero-order valence-electron chi connectivity index (χ0n) is 18.0. The second-order valence-electron chi connectivity index (χ2n) is 9.12. The molecule has 4 heteroatoms. The zero-order chi connectivity index (χ0) is 20.9. The first-order chi connectivity index (χ1) is 13.1. The van der Waals surface area contributed by atoms with Crippen molar-refractivity contribution in [3.05, 3.63) is 47.5 Å². The average Bonchev–Trinajstić information content (AvgIpc) is 2.66. The van der Waals surface area contributed by atoms with Crippen LogP contribution in [0, 0.1) is 24.7 Å². The van der Waals surface area contributed by atoms with Crippen molar-refractivity contribution in [2.45, 2.75) is 51.3 Å². The van der Waals surface area contributed by atoms with Crippen molar-refractivity contribution in [1.29, 1.82) is 0 Å². The summed E-state index contributed by atoms with van der Waals surface area (Å²) in [5.74, 6) is 1.73. The molecule has 0 aromatic heterocycles. The minimum absolute atomic E-state index is 0.111. The molecule has 2 rings (SSSR count). The molecule has 0 aliphatic carbocycles. The maximum Gasteiger partial charge on any atom is 0.0490 e. The van der Waals surface area contributed by atoms with Crippen LogP contribution in [-0.2, 0) is 0 Å². The molecule has 154 valence electrons. The molecular formula is C24H34O2S2. The van der Waals surface area contributed by atoms with Gasteiger partial charge < -0.3 is 10.2 Å². The van der Waals surface area contributed by atoms with Crippen LogP contribution in [0.15, 0.2) is 46.2 Å². The van der Waals surface area contributed by atoms with Crippen LogP contribution in [0.25, 0.3) is 11.1 Å². The topological polar surface area (TPSA) is 40.5 Å². The Balaban J connectivity index is 2.47. The summed E-state index contributed by atoms with van der Waals surface area (Å²) >= 11 is 3.65. The lowest BCUT2D eigenvalue weighted by Crippen LogP contribution is -2.19. The summed E-state index contributed by atoms with van der Waals surface area (Å²) in [4.78, 5) is 2.53. The van der Waals surface area contributed by atoms with Crippen LogP contribution in [-0.4, -0.2) is 34.9 Å². The monoisotopic (exact) mass is 418 g/mol. The molecule has 0 heterocycles. The molecule has 0 spiro atoms. The largest absolute Gasteiger partial charge is 0.396 e. The zero-order valence-corrected chi connectivity index (χ0v) is 19.6. The van der Waals surface area contributed by atoms with Crippen molar-refractivity contribution in [3.8, 4) is 11.1 Å². The van der Waals surface area contributed by atoms with Gasteiger partial charge in [-0.05, 0) is 59.1 Å². The van der Waals surface area contributed by atoms with E-state index in [9.17, 15) is 10.2 Å². The molecule has 0 saturated carbocycles. The van der Waals surface area contributed by atoms with Gasteiger partial charge >= 0.3 is 0 Å². The average molecular weight is 419 g/mol. The summed E-state index contributed by atoms with van der Waals surface area (Å²) in [6.45, 7) is 13.1. The Hall–Kier alpha value is -0.940. The first-order valence-corrected chi connectivity index (χ1v) is 11.7. The maximum absolute atomic E-state index is 9.63. The van der Waals surface area contributed by atoms with Gasteiger partial charge in [0, 0.05) is 34.5 Å². The Labute approximate surface area is 179 Å². The second kappa shape index (κ2) is 9.71. The van der Waals surface area contributed by atoms with Gasteiger partial charge in [-0.2, -0.15) is 0 Å². The van der Waals surface area contributed by atoms with E-state index in [2.05, 4.69) is 77.9 Å². The van der Waals surface area contributed by atoms with Gasteiger partial charge in [-0.15, -0.1) is 23.5 Å². The molecule has 0 aliphatic rings. The Morgan fingerprint density at radius 1 is 0.679 bits per heavy atom. The minimum Gasteiger partial charge on any atom is -0.396 e. The second-order valence-corrected chi connectivity index (χ2v) is 11.2. The Morgan fingerprint density at radius 2 is 1.04 bits per heavy atom. The fourth-order valence-corrected chi connectivity index (χ4v) is 5.24. The summed E-state index contributed by atoms with van der Waals surface area (Å²) in [6, 6.07) is 13.0. The highest BCUT2D eigenvalue weighted by Crippen LogP contribution is 2.43. The van der Waals surface area contributed by atoms with Crippen molar-refractivity contribution in [2.75, 3.05) is 24.7 Å². The normalized spacial score (nSPS) is 12.4. The lowest BCUT2D eigenvalue weighted by Gasteiger charge is -2.24. The van der Waals surface area contributed by atoms with Crippen LogP contribution in [0.1, 0.15) is 38.8 Å². The van der Waals surface area contributed by atoms with Crippen LogP contribution in [0.5, 0.6) is 0 Å². The molecule has 2 aromatic carbocycles. The number of aliphatic hydroxyl groups excluding tert-OH is 2. The Kier molecular flexibility index (Phi) is 8.09. The van der Waals surface area contributed by atoms with E-state index in [1.54, 1.807) is 0 Å². The summed E-state index contributed by atoms with van der Waals surface area (Å²) in [6.07, 6.45) is 0.